The number of rotatable bonds is 3. The SMILES string of the molecule is CC1(C(=O)OCc2cc3c(cc2Br)OCCO3)CC1(Cl)Cl. The lowest BCUT2D eigenvalue weighted by atomic mass is 10.1. The zero-order valence-corrected chi connectivity index (χ0v) is 14.3. The highest BCUT2D eigenvalue weighted by Gasteiger charge is 2.69. The second-order valence-electron chi connectivity index (χ2n) is 5.38. The average Bonchev–Trinajstić information content (AvgIpc) is 2.96. The molecule has 114 valence electrons. The second kappa shape index (κ2) is 5.21. The average molecular weight is 396 g/mol. The Bertz CT molecular complexity index is 605. The van der Waals surface area contributed by atoms with Crippen molar-refractivity contribution in [2.45, 2.75) is 24.3 Å². The Kier molecular flexibility index (Phi) is 3.79. The maximum atomic E-state index is 12.1. The van der Waals surface area contributed by atoms with Gasteiger partial charge in [-0.1, -0.05) is 15.9 Å². The lowest BCUT2D eigenvalue weighted by Crippen LogP contribution is -2.21. The first-order valence-electron chi connectivity index (χ1n) is 6.46. The van der Waals surface area contributed by atoms with Crippen molar-refractivity contribution >= 4 is 45.1 Å². The number of carbonyl (C=O) groups is 1. The molecule has 0 radical (unpaired) electrons. The number of hydrogen-bond acceptors (Lipinski definition) is 4. The molecule has 1 fully saturated rings. The Hall–Kier alpha value is -0.650. The van der Waals surface area contributed by atoms with Crippen molar-refractivity contribution in [2.75, 3.05) is 13.2 Å². The molecule has 1 heterocycles. The zero-order valence-electron chi connectivity index (χ0n) is 11.3. The Morgan fingerprint density at radius 3 is 2.48 bits per heavy atom. The van der Waals surface area contributed by atoms with E-state index in [2.05, 4.69) is 15.9 Å². The van der Waals surface area contributed by atoms with Crippen molar-refractivity contribution < 1.29 is 19.0 Å². The number of benzene rings is 1. The summed E-state index contributed by atoms with van der Waals surface area (Å²) >= 11 is 15.4. The van der Waals surface area contributed by atoms with Crippen LogP contribution < -0.4 is 9.47 Å². The van der Waals surface area contributed by atoms with Gasteiger partial charge in [0.15, 0.2) is 11.5 Å². The van der Waals surface area contributed by atoms with Gasteiger partial charge in [0, 0.05) is 16.5 Å². The number of esters is 1. The summed E-state index contributed by atoms with van der Waals surface area (Å²) in [6, 6.07) is 3.61. The lowest BCUT2D eigenvalue weighted by molar-refractivity contribution is -0.151. The molecule has 1 aromatic carbocycles. The topological polar surface area (TPSA) is 44.8 Å². The van der Waals surface area contributed by atoms with Gasteiger partial charge in [0.1, 0.15) is 29.6 Å². The first kappa shape index (κ1) is 15.3. The Morgan fingerprint density at radius 1 is 1.33 bits per heavy atom. The van der Waals surface area contributed by atoms with Crippen LogP contribution in [-0.4, -0.2) is 23.5 Å². The molecule has 1 aliphatic carbocycles. The molecule has 2 aliphatic rings. The van der Waals surface area contributed by atoms with Gasteiger partial charge >= 0.3 is 5.97 Å². The predicted molar refractivity (Wildman–Crippen MR) is 82.1 cm³/mol. The quantitative estimate of drug-likeness (QED) is 0.576. The highest BCUT2D eigenvalue weighted by atomic mass is 79.9. The van der Waals surface area contributed by atoms with E-state index >= 15 is 0 Å². The van der Waals surface area contributed by atoms with Crippen LogP contribution in [-0.2, 0) is 16.1 Å². The van der Waals surface area contributed by atoms with Crippen molar-refractivity contribution in [3.63, 3.8) is 0 Å². The molecule has 4 nitrogen and oxygen atoms in total. The van der Waals surface area contributed by atoms with Gasteiger partial charge in [0.2, 0.25) is 0 Å². The van der Waals surface area contributed by atoms with E-state index in [1.165, 1.54) is 0 Å². The van der Waals surface area contributed by atoms with Crippen LogP contribution >= 0.6 is 39.1 Å². The first-order chi connectivity index (χ1) is 9.83. The summed E-state index contributed by atoms with van der Waals surface area (Å²) in [5, 5.41) is 0. The normalized spacial score (nSPS) is 25.3. The smallest absolute Gasteiger partial charge is 0.315 e. The molecular formula is C14H13BrCl2O4. The van der Waals surface area contributed by atoms with E-state index in [9.17, 15) is 4.79 Å². The molecule has 1 aliphatic heterocycles. The second-order valence-corrected chi connectivity index (χ2v) is 7.71. The summed E-state index contributed by atoms with van der Waals surface area (Å²) in [5.41, 5.74) is -0.0252. The molecule has 0 aromatic heterocycles. The molecule has 1 aromatic rings. The fourth-order valence-corrected chi connectivity index (χ4v) is 3.27. The first-order valence-corrected chi connectivity index (χ1v) is 8.01. The molecule has 3 rings (SSSR count). The molecule has 0 N–H and O–H groups in total. The summed E-state index contributed by atoms with van der Waals surface area (Å²) in [6.45, 7) is 2.86. The number of ether oxygens (including phenoxy) is 3. The summed E-state index contributed by atoms with van der Waals surface area (Å²) in [5.74, 6) is 0.935. The van der Waals surface area contributed by atoms with Crippen molar-refractivity contribution in [3.05, 3.63) is 22.2 Å². The molecule has 0 saturated heterocycles. The summed E-state index contributed by atoms with van der Waals surface area (Å²) in [4.78, 5) is 12.1. The van der Waals surface area contributed by atoms with Gasteiger partial charge in [-0.15, -0.1) is 23.2 Å². The number of fused-ring (bicyclic) bond motifs is 1. The molecule has 0 amide bonds. The van der Waals surface area contributed by atoms with E-state index in [0.717, 1.165) is 10.0 Å². The highest BCUT2D eigenvalue weighted by Crippen LogP contribution is 2.64. The van der Waals surface area contributed by atoms with Gasteiger partial charge < -0.3 is 14.2 Å². The van der Waals surface area contributed by atoms with E-state index in [-0.39, 0.29) is 6.61 Å². The lowest BCUT2D eigenvalue weighted by Gasteiger charge is -2.20. The molecule has 0 spiro atoms. The minimum absolute atomic E-state index is 0.121. The van der Waals surface area contributed by atoms with Gasteiger partial charge in [-0.05, 0) is 19.1 Å². The molecule has 0 bridgehead atoms. The third-order valence-electron chi connectivity index (χ3n) is 3.78. The molecule has 21 heavy (non-hydrogen) atoms. The van der Waals surface area contributed by atoms with Crippen LogP contribution in [0.1, 0.15) is 18.9 Å². The van der Waals surface area contributed by atoms with Crippen LogP contribution in [0.4, 0.5) is 0 Å². The van der Waals surface area contributed by atoms with E-state index in [1.807, 2.05) is 6.07 Å². The number of alkyl halides is 2. The third kappa shape index (κ3) is 2.71. The fraction of sp³-hybridized carbons (Fsp3) is 0.500. The monoisotopic (exact) mass is 394 g/mol. The van der Waals surface area contributed by atoms with Crippen LogP contribution in [0, 0.1) is 5.41 Å². The maximum absolute atomic E-state index is 12.1. The zero-order chi connectivity index (χ0) is 15.3. The largest absolute Gasteiger partial charge is 0.486 e. The molecule has 1 unspecified atom stereocenters. The maximum Gasteiger partial charge on any atom is 0.315 e. The molecule has 1 atom stereocenters. The van der Waals surface area contributed by atoms with Gasteiger partial charge in [-0.25, -0.2) is 0 Å². The van der Waals surface area contributed by atoms with Crippen LogP contribution in [0.2, 0.25) is 0 Å². The van der Waals surface area contributed by atoms with Gasteiger partial charge in [-0.2, -0.15) is 0 Å². The Morgan fingerprint density at radius 2 is 1.90 bits per heavy atom. The Labute approximate surface area is 140 Å². The van der Waals surface area contributed by atoms with Gasteiger partial charge in [0.25, 0.3) is 0 Å². The van der Waals surface area contributed by atoms with E-state index in [1.54, 1.807) is 13.0 Å². The van der Waals surface area contributed by atoms with Crippen LogP contribution in [0.25, 0.3) is 0 Å². The third-order valence-corrected chi connectivity index (χ3v) is 5.62. The summed E-state index contributed by atoms with van der Waals surface area (Å²) in [6.07, 6.45) is 0.407. The standard InChI is InChI=1S/C14H13BrCl2O4/c1-13(7-14(13,16)17)12(18)21-6-8-4-10-11(5-9(8)15)20-3-2-19-10/h4-5H,2-3,6-7H2,1H3. The highest BCUT2D eigenvalue weighted by molar-refractivity contribution is 9.10. The molecule has 1 saturated carbocycles. The van der Waals surface area contributed by atoms with Crippen LogP contribution in [0.15, 0.2) is 16.6 Å². The fourth-order valence-electron chi connectivity index (χ4n) is 2.14. The van der Waals surface area contributed by atoms with Crippen LogP contribution in [0.3, 0.4) is 0 Å². The van der Waals surface area contributed by atoms with Crippen molar-refractivity contribution in [1.82, 2.24) is 0 Å². The number of carbonyl (C=O) groups excluding carboxylic acids is 1. The van der Waals surface area contributed by atoms with Crippen molar-refractivity contribution in [1.29, 1.82) is 0 Å². The minimum atomic E-state index is -1.02. The number of hydrogen-bond donors (Lipinski definition) is 0. The van der Waals surface area contributed by atoms with Gasteiger partial charge in [0.05, 0.1) is 0 Å². The molecule has 7 heteroatoms. The van der Waals surface area contributed by atoms with E-state index in [4.69, 9.17) is 37.4 Å². The van der Waals surface area contributed by atoms with Crippen LogP contribution in [0.5, 0.6) is 11.5 Å². The van der Waals surface area contributed by atoms with Crippen molar-refractivity contribution in [2.24, 2.45) is 5.41 Å². The van der Waals surface area contributed by atoms with Gasteiger partial charge in [-0.3, -0.25) is 4.79 Å². The number of halogens is 3. The summed E-state index contributed by atoms with van der Waals surface area (Å²) in [7, 11) is 0. The predicted octanol–water partition coefficient (Wildman–Crippen LogP) is 3.85. The van der Waals surface area contributed by atoms with E-state index in [0.29, 0.717) is 31.1 Å². The van der Waals surface area contributed by atoms with Crippen molar-refractivity contribution in [3.8, 4) is 11.5 Å². The Balaban J connectivity index is 1.70. The molecular weight excluding hydrogens is 383 g/mol. The summed E-state index contributed by atoms with van der Waals surface area (Å²) < 4.78 is 16.1. The van der Waals surface area contributed by atoms with E-state index < -0.39 is 15.7 Å². The minimum Gasteiger partial charge on any atom is -0.486 e.